The van der Waals surface area contributed by atoms with Gasteiger partial charge in [-0.1, -0.05) is 0 Å². The largest absolute Gasteiger partial charge is 0.493 e. The summed E-state index contributed by atoms with van der Waals surface area (Å²) in [6.07, 6.45) is -3.88. The number of aromatic nitrogens is 4. The SMILES string of the molecule is Fc1cc(OCCCC(F)(F)F)ccc1-c1ncc2[nH]c(Br)nc2n1. The van der Waals surface area contributed by atoms with Crippen molar-refractivity contribution in [1.82, 2.24) is 19.9 Å². The fraction of sp³-hybridized carbons (Fsp3) is 0.267. The molecule has 0 unspecified atom stereocenters. The van der Waals surface area contributed by atoms with Crippen molar-refractivity contribution in [2.45, 2.75) is 19.0 Å². The van der Waals surface area contributed by atoms with Gasteiger partial charge in [-0.15, -0.1) is 0 Å². The molecule has 0 spiro atoms. The van der Waals surface area contributed by atoms with Gasteiger partial charge in [0.15, 0.2) is 16.2 Å². The van der Waals surface area contributed by atoms with Gasteiger partial charge in [-0.25, -0.2) is 19.3 Å². The smallest absolute Gasteiger partial charge is 0.389 e. The van der Waals surface area contributed by atoms with Crippen LogP contribution in [0.4, 0.5) is 17.6 Å². The van der Waals surface area contributed by atoms with E-state index in [9.17, 15) is 17.6 Å². The van der Waals surface area contributed by atoms with E-state index in [1.807, 2.05) is 0 Å². The normalized spacial score (nSPS) is 11.9. The Balaban J connectivity index is 1.72. The van der Waals surface area contributed by atoms with Gasteiger partial charge in [-0.2, -0.15) is 13.2 Å². The summed E-state index contributed by atoms with van der Waals surface area (Å²) in [7, 11) is 0. The molecule has 0 amide bonds. The number of nitrogens with one attached hydrogen (secondary N) is 1. The Labute approximate surface area is 147 Å². The molecule has 0 aliphatic heterocycles. The third kappa shape index (κ3) is 4.44. The van der Waals surface area contributed by atoms with Crippen LogP contribution in [0.2, 0.25) is 0 Å². The number of hydrogen-bond acceptors (Lipinski definition) is 4. The van der Waals surface area contributed by atoms with Crippen LogP contribution >= 0.6 is 15.9 Å². The lowest BCUT2D eigenvalue weighted by Gasteiger charge is -2.09. The lowest BCUT2D eigenvalue weighted by atomic mass is 10.2. The Kier molecular flexibility index (Phi) is 4.89. The first-order chi connectivity index (χ1) is 11.8. The topological polar surface area (TPSA) is 63.7 Å². The van der Waals surface area contributed by atoms with Crippen LogP contribution in [0.25, 0.3) is 22.6 Å². The molecular weight excluding hydrogens is 408 g/mol. The first-order valence-corrected chi connectivity index (χ1v) is 7.99. The van der Waals surface area contributed by atoms with E-state index in [4.69, 9.17) is 4.74 Å². The number of imidazole rings is 1. The predicted molar refractivity (Wildman–Crippen MR) is 85.6 cm³/mol. The lowest BCUT2D eigenvalue weighted by molar-refractivity contribution is -0.136. The number of ether oxygens (including phenoxy) is 1. The van der Waals surface area contributed by atoms with E-state index in [1.165, 1.54) is 18.3 Å². The zero-order valence-corrected chi connectivity index (χ0v) is 14.2. The molecular formula is C15H11BrF4N4O. The van der Waals surface area contributed by atoms with E-state index in [1.54, 1.807) is 0 Å². The number of H-pyrrole nitrogens is 1. The third-order valence-electron chi connectivity index (χ3n) is 3.27. The monoisotopic (exact) mass is 418 g/mol. The molecule has 0 saturated heterocycles. The first-order valence-electron chi connectivity index (χ1n) is 7.19. The molecule has 3 aromatic rings. The summed E-state index contributed by atoms with van der Waals surface area (Å²) in [5, 5.41) is 0. The molecule has 0 aliphatic rings. The summed E-state index contributed by atoms with van der Waals surface area (Å²) >= 11 is 3.18. The fourth-order valence-electron chi connectivity index (χ4n) is 2.14. The molecule has 25 heavy (non-hydrogen) atoms. The Bertz CT molecular complexity index is 897. The first kappa shape index (κ1) is 17.6. The second-order valence-electron chi connectivity index (χ2n) is 5.17. The van der Waals surface area contributed by atoms with E-state index >= 15 is 0 Å². The minimum absolute atomic E-state index is 0.142. The van der Waals surface area contributed by atoms with Crippen LogP contribution in [-0.4, -0.2) is 32.7 Å². The molecule has 0 aliphatic carbocycles. The number of hydrogen-bond donors (Lipinski definition) is 1. The van der Waals surface area contributed by atoms with Crippen LogP contribution in [0.1, 0.15) is 12.8 Å². The Morgan fingerprint density at radius 3 is 2.72 bits per heavy atom. The van der Waals surface area contributed by atoms with Gasteiger partial charge in [0.25, 0.3) is 0 Å². The van der Waals surface area contributed by atoms with E-state index in [2.05, 4.69) is 35.9 Å². The summed E-state index contributed by atoms with van der Waals surface area (Å²) in [6.45, 7) is -0.151. The number of halogens is 5. The van der Waals surface area contributed by atoms with Crippen LogP contribution < -0.4 is 4.74 Å². The molecule has 1 N–H and O–H groups in total. The van der Waals surface area contributed by atoms with Crippen molar-refractivity contribution < 1.29 is 22.3 Å². The Morgan fingerprint density at radius 2 is 2.00 bits per heavy atom. The van der Waals surface area contributed by atoms with Gasteiger partial charge in [0.2, 0.25) is 0 Å². The summed E-state index contributed by atoms with van der Waals surface area (Å²) in [4.78, 5) is 15.2. The molecule has 3 rings (SSSR count). The third-order valence-corrected chi connectivity index (χ3v) is 3.64. The quantitative estimate of drug-likeness (QED) is 0.372. The zero-order chi connectivity index (χ0) is 18.0. The summed E-state index contributed by atoms with van der Waals surface area (Å²) in [5.41, 5.74) is 1.12. The Morgan fingerprint density at radius 1 is 1.20 bits per heavy atom. The molecule has 1 aromatic carbocycles. The maximum Gasteiger partial charge on any atom is 0.389 e. The summed E-state index contributed by atoms with van der Waals surface area (Å²) < 4.78 is 56.1. The van der Waals surface area contributed by atoms with Gasteiger partial charge in [-0.05, 0) is 34.5 Å². The molecule has 10 heteroatoms. The van der Waals surface area contributed by atoms with Crippen LogP contribution in [0.15, 0.2) is 29.1 Å². The van der Waals surface area contributed by atoms with E-state index in [0.717, 1.165) is 6.07 Å². The number of benzene rings is 1. The maximum absolute atomic E-state index is 14.3. The molecule has 2 aromatic heterocycles. The minimum atomic E-state index is -4.23. The van der Waals surface area contributed by atoms with Gasteiger partial charge in [0.05, 0.1) is 18.4 Å². The van der Waals surface area contributed by atoms with Crippen LogP contribution in [0.5, 0.6) is 5.75 Å². The van der Waals surface area contributed by atoms with Gasteiger partial charge in [-0.3, -0.25) is 0 Å². The lowest BCUT2D eigenvalue weighted by Crippen LogP contribution is -2.09. The standard InChI is InChI=1S/C15H11BrF4N4O/c16-14-22-11-7-21-12(23-13(11)24-14)9-3-2-8(6-10(9)17)25-5-1-4-15(18,19)20/h2-3,6-7H,1,4-5H2,(H,21,22,23,24). The van der Waals surface area contributed by atoms with Crippen LogP contribution in [0, 0.1) is 5.82 Å². The van der Waals surface area contributed by atoms with Gasteiger partial charge < -0.3 is 9.72 Å². The summed E-state index contributed by atoms with van der Waals surface area (Å²) in [6, 6.07) is 3.97. The number of fused-ring (bicyclic) bond motifs is 1. The van der Waals surface area contributed by atoms with E-state index in [0.29, 0.717) is 15.9 Å². The van der Waals surface area contributed by atoms with Crippen molar-refractivity contribution in [3.8, 4) is 17.1 Å². The molecule has 0 atom stereocenters. The fourth-order valence-corrected chi connectivity index (χ4v) is 2.52. The molecule has 0 fully saturated rings. The highest BCUT2D eigenvalue weighted by atomic mass is 79.9. The van der Waals surface area contributed by atoms with Crippen molar-refractivity contribution >= 4 is 27.1 Å². The van der Waals surface area contributed by atoms with Crippen LogP contribution in [-0.2, 0) is 0 Å². The van der Waals surface area contributed by atoms with E-state index in [-0.39, 0.29) is 30.2 Å². The predicted octanol–water partition coefficient (Wildman–Crippen LogP) is 4.64. The highest BCUT2D eigenvalue weighted by Gasteiger charge is 2.26. The second kappa shape index (κ2) is 6.95. The van der Waals surface area contributed by atoms with Gasteiger partial charge >= 0.3 is 6.18 Å². The van der Waals surface area contributed by atoms with Crippen molar-refractivity contribution in [3.05, 3.63) is 34.9 Å². The van der Waals surface area contributed by atoms with Gasteiger partial charge in [0, 0.05) is 12.5 Å². The van der Waals surface area contributed by atoms with Gasteiger partial charge in [0.1, 0.15) is 17.1 Å². The highest BCUT2D eigenvalue weighted by molar-refractivity contribution is 9.10. The summed E-state index contributed by atoms with van der Waals surface area (Å²) in [5.74, 6) is -0.345. The number of rotatable bonds is 5. The molecule has 0 bridgehead atoms. The van der Waals surface area contributed by atoms with Crippen molar-refractivity contribution in [3.63, 3.8) is 0 Å². The van der Waals surface area contributed by atoms with Crippen molar-refractivity contribution in [2.24, 2.45) is 0 Å². The zero-order valence-electron chi connectivity index (χ0n) is 12.6. The molecule has 132 valence electrons. The van der Waals surface area contributed by atoms with Crippen molar-refractivity contribution in [2.75, 3.05) is 6.61 Å². The number of alkyl halides is 3. The van der Waals surface area contributed by atoms with Crippen LogP contribution in [0.3, 0.4) is 0 Å². The molecule has 5 nitrogen and oxygen atoms in total. The minimum Gasteiger partial charge on any atom is -0.493 e. The van der Waals surface area contributed by atoms with E-state index < -0.39 is 18.4 Å². The molecule has 0 radical (unpaired) electrons. The maximum atomic E-state index is 14.3. The Hall–Kier alpha value is -2.23. The number of nitrogens with zero attached hydrogens (tertiary/aromatic N) is 3. The number of aromatic amines is 1. The average molecular weight is 419 g/mol. The second-order valence-corrected chi connectivity index (χ2v) is 5.92. The molecule has 0 saturated carbocycles. The average Bonchev–Trinajstić information content (AvgIpc) is 2.90. The van der Waals surface area contributed by atoms with Crippen molar-refractivity contribution in [1.29, 1.82) is 0 Å². The highest BCUT2D eigenvalue weighted by Crippen LogP contribution is 2.26. The molecule has 2 heterocycles.